The molecule has 0 fully saturated rings. The summed E-state index contributed by atoms with van der Waals surface area (Å²) < 4.78 is 5.89. The second kappa shape index (κ2) is 6.82. The molecular formula is C28H41N3O. The third kappa shape index (κ3) is 3.72. The van der Waals surface area contributed by atoms with Gasteiger partial charge in [-0.1, -0.05) is 76.2 Å². The summed E-state index contributed by atoms with van der Waals surface area (Å²) in [5.74, 6) is 0. The number of aromatic amines is 3. The number of hydrogen-bond acceptors (Lipinski definition) is 1. The van der Waals surface area contributed by atoms with Gasteiger partial charge >= 0.3 is 0 Å². The SMILES string of the molecule is CC(C)(C)c1[nH]c2cc(CC(C)(C)c3[nH]c4ccoc4c3C(C)(C)C)[nH]c2c1C(C)(C)C. The normalized spacial score (nSPS) is 14.2. The minimum absolute atomic E-state index is 0.00842. The summed E-state index contributed by atoms with van der Waals surface area (Å²) in [6.07, 6.45) is 2.69. The van der Waals surface area contributed by atoms with Crippen LogP contribution in [0.2, 0.25) is 0 Å². The Labute approximate surface area is 192 Å². The predicted octanol–water partition coefficient (Wildman–Crippen LogP) is 7.98. The van der Waals surface area contributed by atoms with Crippen molar-refractivity contribution in [1.29, 1.82) is 0 Å². The van der Waals surface area contributed by atoms with Crippen LogP contribution in [0.25, 0.3) is 22.1 Å². The number of nitrogens with one attached hydrogen (secondary N) is 3. The van der Waals surface area contributed by atoms with Gasteiger partial charge < -0.3 is 19.4 Å². The van der Waals surface area contributed by atoms with Crippen molar-refractivity contribution in [2.75, 3.05) is 0 Å². The Hall–Kier alpha value is -2.36. The van der Waals surface area contributed by atoms with Gasteiger partial charge in [-0.2, -0.15) is 0 Å². The van der Waals surface area contributed by atoms with Crippen molar-refractivity contribution in [2.45, 2.75) is 104 Å². The van der Waals surface area contributed by atoms with Crippen molar-refractivity contribution in [1.82, 2.24) is 15.0 Å². The summed E-state index contributed by atoms with van der Waals surface area (Å²) in [6.45, 7) is 25.2. The number of hydrogen-bond donors (Lipinski definition) is 3. The molecule has 0 aromatic carbocycles. The van der Waals surface area contributed by atoms with Gasteiger partial charge in [0.1, 0.15) is 0 Å². The van der Waals surface area contributed by atoms with Crippen LogP contribution in [0.4, 0.5) is 0 Å². The van der Waals surface area contributed by atoms with Crippen LogP contribution in [0.5, 0.6) is 0 Å². The molecule has 0 amide bonds. The van der Waals surface area contributed by atoms with Crippen molar-refractivity contribution in [3.05, 3.63) is 46.6 Å². The number of rotatable bonds is 3. The van der Waals surface area contributed by atoms with E-state index in [9.17, 15) is 0 Å². The molecule has 4 heteroatoms. The Morgan fingerprint density at radius 3 is 1.84 bits per heavy atom. The average Bonchev–Trinajstić information content (AvgIpc) is 3.27. The van der Waals surface area contributed by atoms with Gasteiger partial charge in [0.05, 0.1) is 22.8 Å². The zero-order valence-electron chi connectivity index (χ0n) is 21.8. The molecule has 4 aromatic heterocycles. The number of furan rings is 1. The second-order valence-corrected chi connectivity index (χ2v) is 13.3. The van der Waals surface area contributed by atoms with E-state index in [2.05, 4.69) is 97.2 Å². The molecule has 4 nitrogen and oxygen atoms in total. The molecule has 0 aliphatic carbocycles. The molecule has 4 rings (SSSR count). The fourth-order valence-corrected chi connectivity index (χ4v) is 5.24. The third-order valence-corrected chi connectivity index (χ3v) is 6.59. The molecule has 0 spiro atoms. The largest absolute Gasteiger partial charge is 0.462 e. The standard InChI is InChI=1S/C28H41N3O/c1-25(2,3)19-21-18(31-23(19)27(7,8)9)14-16(29-21)15-28(10,11)24-20(26(4,5)6)22-17(30-24)12-13-32-22/h12-14,29-31H,15H2,1-11H3. The van der Waals surface area contributed by atoms with Crippen LogP contribution >= 0.6 is 0 Å². The average molecular weight is 436 g/mol. The lowest BCUT2D eigenvalue weighted by molar-refractivity contribution is 0.473. The molecule has 174 valence electrons. The highest BCUT2D eigenvalue weighted by molar-refractivity contribution is 5.84. The number of aromatic nitrogens is 3. The Morgan fingerprint density at radius 2 is 1.28 bits per heavy atom. The van der Waals surface area contributed by atoms with Gasteiger partial charge in [0.2, 0.25) is 0 Å². The van der Waals surface area contributed by atoms with Crippen LogP contribution in [-0.4, -0.2) is 15.0 Å². The van der Waals surface area contributed by atoms with Crippen LogP contribution in [0.1, 0.15) is 104 Å². The molecule has 4 aromatic rings. The maximum atomic E-state index is 5.89. The molecule has 0 aliphatic heterocycles. The Balaban J connectivity index is 1.80. The lowest BCUT2D eigenvalue weighted by Gasteiger charge is -2.29. The zero-order chi connectivity index (χ0) is 23.9. The smallest absolute Gasteiger partial charge is 0.155 e. The molecule has 4 heterocycles. The Morgan fingerprint density at radius 1 is 0.688 bits per heavy atom. The summed E-state index contributed by atoms with van der Waals surface area (Å²) >= 11 is 0. The van der Waals surface area contributed by atoms with E-state index in [0.717, 1.165) is 17.5 Å². The van der Waals surface area contributed by atoms with E-state index in [-0.39, 0.29) is 21.7 Å². The minimum atomic E-state index is -0.0821. The third-order valence-electron chi connectivity index (χ3n) is 6.59. The first-order valence-electron chi connectivity index (χ1n) is 11.8. The van der Waals surface area contributed by atoms with E-state index >= 15 is 0 Å². The van der Waals surface area contributed by atoms with Crippen molar-refractivity contribution in [2.24, 2.45) is 0 Å². The predicted molar refractivity (Wildman–Crippen MR) is 136 cm³/mol. The molecule has 0 bridgehead atoms. The summed E-state index contributed by atoms with van der Waals surface area (Å²) in [4.78, 5) is 11.2. The lowest BCUT2D eigenvalue weighted by Crippen LogP contribution is -2.26. The van der Waals surface area contributed by atoms with Crippen LogP contribution in [0.3, 0.4) is 0 Å². The topological polar surface area (TPSA) is 60.5 Å². The lowest BCUT2D eigenvalue weighted by atomic mass is 9.76. The molecule has 32 heavy (non-hydrogen) atoms. The monoisotopic (exact) mass is 435 g/mol. The summed E-state index contributed by atoms with van der Waals surface area (Å²) in [5.41, 5.74) is 11.1. The molecule has 0 saturated carbocycles. The van der Waals surface area contributed by atoms with Crippen LogP contribution < -0.4 is 0 Å². The Kier molecular flexibility index (Phi) is 4.86. The van der Waals surface area contributed by atoms with Crippen LogP contribution in [0.15, 0.2) is 22.8 Å². The van der Waals surface area contributed by atoms with Crippen LogP contribution in [-0.2, 0) is 28.1 Å². The molecule has 0 aliphatic rings. The molecule has 3 N–H and O–H groups in total. The van der Waals surface area contributed by atoms with E-state index in [1.807, 2.05) is 6.07 Å². The van der Waals surface area contributed by atoms with Crippen molar-refractivity contribution in [3.8, 4) is 0 Å². The fraction of sp³-hybridized carbons (Fsp3) is 0.571. The molecular weight excluding hydrogens is 394 g/mol. The summed E-state index contributed by atoms with van der Waals surface area (Å²) in [5, 5.41) is 0. The summed E-state index contributed by atoms with van der Waals surface area (Å²) in [6, 6.07) is 4.34. The first-order valence-corrected chi connectivity index (χ1v) is 11.8. The van der Waals surface area contributed by atoms with Gasteiger partial charge in [-0.15, -0.1) is 0 Å². The van der Waals surface area contributed by atoms with E-state index in [1.54, 1.807) is 6.26 Å². The highest BCUT2D eigenvalue weighted by Gasteiger charge is 2.35. The van der Waals surface area contributed by atoms with Gasteiger partial charge in [0, 0.05) is 45.1 Å². The highest BCUT2D eigenvalue weighted by atomic mass is 16.3. The molecule has 0 saturated heterocycles. The first kappa shape index (κ1) is 22.8. The number of H-pyrrole nitrogens is 3. The van der Waals surface area contributed by atoms with Gasteiger partial charge in [-0.05, 0) is 23.3 Å². The van der Waals surface area contributed by atoms with Gasteiger partial charge in [0.15, 0.2) is 5.58 Å². The quantitative estimate of drug-likeness (QED) is 0.300. The zero-order valence-corrected chi connectivity index (χ0v) is 21.8. The number of fused-ring (bicyclic) bond motifs is 2. The molecule has 0 radical (unpaired) electrons. The molecule has 0 atom stereocenters. The van der Waals surface area contributed by atoms with Gasteiger partial charge in [0.25, 0.3) is 0 Å². The van der Waals surface area contributed by atoms with Gasteiger partial charge in [-0.3, -0.25) is 0 Å². The van der Waals surface area contributed by atoms with Crippen LogP contribution in [0, 0.1) is 0 Å². The van der Waals surface area contributed by atoms with E-state index < -0.39 is 0 Å². The first-order chi connectivity index (χ1) is 14.5. The van der Waals surface area contributed by atoms with E-state index in [0.29, 0.717) is 0 Å². The fourth-order valence-electron chi connectivity index (χ4n) is 5.24. The van der Waals surface area contributed by atoms with Crippen molar-refractivity contribution < 1.29 is 4.42 Å². The summed E-state index contributed by atoms with van der Waals surface area (Å²) in [7, 11) is 0. The maximum absolute atomic E-state index is 5.89. The van der Waals surface area contributed by atoms with E-state index in [4.69, 9.17) is 4.42 Å². The maximum Gasteiger partial charge on any atom is 0.155 e. The second-order valence-electron chi connectivity index (χ2n) is 13.3. The van der Waals surface area contributed by atoms with Crippen molar-refractivity contribution >= 4 is 22.1 Å². The molecule has 0 unspecified atom stereocenters. The van der Waals surface area contributed by atoms with Crippen molar-refractivity contribution in [3.63, 3.8) is 0 Å². The highest BCUT2D eigenvalue weighted by Crippen LogP contribution is 2.42. The Bertz CT molecular complexity index is 1270. The van der Waals surface area contributed by atoms with E-state index in [1.165, 1.54) is 39.2 Å². The minimum Gasteiger partial charge on any atom is -0.462 e. The van der Waals surface area contributed by atoms with Gasteiger partial charge in [-0.25, -0.2) is 0 Å².